The smallest absolute Gasteiger partial charge is 0.274 e. The van der Waals surface area contributed by atoms with Gasteiger partial charge in [-0.1, -0.05) is 6.08 Å². The summed E-state index contributed by atoms with van der Waals surface area (Å²) in [7, 11) is -3.22. The molecule has 0 saturated carbocycles. The van der Waals surface area contributed by atoms with E-state index in [0.717, 1.165) is 23.6 Å². The lowest BCUT2D eigenvalue weighted by atomic mass is 10.2. The zero-order chi connectivity index (χ0) is 13.3. The summed E-state index contributed by atoms with van der Waals surface area (Å²) in [5, 5.41) is 14.3. The molecular formula is C10H9FN2O4S. The molecule has 1 aromatic carbocycles. The lowest BCUT2D eigenvalue weighted by Crippen LogP contribution is -2.20. The highest BCUT2D eigenvalue weighted by Gasteiger charge is 2.22. The first-order valence-electron chi connectivity index (χ1n) is 4.98. The molecule has 1 N–H and O–H groups in total. The van der Waals surface area contributed by atoms with E-state index in [4.69, 9.17) is 0 Å². The van der Waals surface area contributed by atoms with E-state index in [-0.39, 0.29) is 17.1 Å². The fourth-order valence-corrected chi connectivity index (χ4v) is 2.88. The SMILES string of the molecule is O=[N+]([O-])c1cc(F)cc(NC2C=CS(=O)(=O)C2)c1. The third kappa shape index (κ3) is 2.83. The fraction of sp³-hybridized carbons (Fsp3) is 0.200. The number of nitro benzene ring substituents is 1. The molecule has 0 fully saturated rings. The standard InChI is InChI=1S/C10H9FN2O4S/c11-7-3-9(5-10(4-7)13(14)15)12-8-1-2-18(16,17)6-8/h1-5,8,12H,6H2. The zero-order valence-electron chi connectivity index (χ0n) is 9.04. The average Bonchev–Trinajstić information content (AvgIpc) is 2.57. The number of nitrogens with one attached hydrogen (secondary N) is 1. The molecule has 8 heteroatoms. The van der Waals surface area contributed by atoms with E-state index in [1.165, 1.54) is 6.08 Å². The molecule has 0 aromatic heterocycles. The molecule has 18 heavy (non-hydrogen) atoms. The van der Waals surface area contributed by atoms with Gasteiger partial charge in [0.05, 0.1) is 22.8 Å². The summed E-state index contributed by atoms with van der Waals surface area (Å²) in [5.74, 6) is -0.895. The highest BCUT2D eigenvalue weighted by atomic mass is 32.2. The molecule has 1 heterocycles. The molecule has 0 spiro atoms. The van der Waals surface area contributed by atoms with Gasteiger partial charge in [0.2, 0.25) is 0 Å². The van der Waals surface area contributed by atoms with Gasteiger partial charge >= 0.3 is 0 Å². The summed E-state index contributed by atoms with van der Waals surface area (Å²) in [6.45, 7) is 0. The van der Waals surface area contributed by atoms with Gasteiger partial charge in [-0.05, 0) is 6.07 Å². The maximum absolute atomic E-state index is 13.1. The van der Waals surface area contributed by atoms with Gasteiger partial charge in [-0.25, -0.2) is 12.8 Å². The van der Waals surface area contributed by atoms with Crippen LogP contribution in [-0.2, 0) is 9.84 Å². The molecule has 1 atom stereocenters. The van der Waals surface area contributed by atoms with Crippen molar-refractivity contribution in [1.82, 2.24) is 0 Å². The third-order valence-corrected chi connectivity index (χ3v) is 3.77. The van der Waals surface area contributed by atoms with Crippen LogP contribution >= 0.6 is 0 Å². The van der Waals surface area contributed by atoms with Crippen molar-refractivity contribution in [1.29, 1.82) is 0 Å². The van der Waals surface area contributed by atoms with E-state index >= 15 is 0 Å². The Morgan fingerprint density at radius 3 is 2.67 bits per heavy atom. The van der Waals surface area contributed by atoms with Gasteiger partial charge in [0.25, 0.3) is 5.69 Å². The number of nitro groups is 1. The minimum absolute atomic E-state index is 0.142. The molecule has 1 aliphatic heterocycles. The lowest BCUT2D eigenvalue weighted by Gasteiger charge is -2.11. The minimum atomic E-state index is -3.22. The van der Waals surface area contributed by atoms with Crippen molar-refractivity contribution >= 4 is 21.2 Å². The monoisotopic (exact) mass is 272 g/mol. The number of nitrogens with zero attached hydrogens (tertiary/aromatic N) is 1. The second-order valence-electron chi connectivity index (χ2n) is 3.86. The Balaban J connectivity index is 2.20. The van der Waals surface area contributed by atoms with Crippen molar-refractivity contribution in [2.75, 3.05) is 11.1 Å². The van der Waals surface area contributed by atoms with Crippen LogP contribution in [0, 0.1) is 15.9 Å². The van der Waals surface area contributed by atoms with Crippen LogP contribution in [0.5, 0.6) is 0 Å². The molecule has 6 nitrogen and oxygen atoms in total. The molecule has 1 aliphatic rings. The van der Waals surface area contributed by atoms with E-state index in [2.05, 4.69) is 5.32 Å². The molecule has 1 aromatic rings. The molecule has 0 saturated heterocycles. The van der Waals surface area contributed by atoms with E-state index in [0.29, 0.717) is 0 Å². The van der Waals surface area contributed by atoms with Crippen LogP contribution in [0.15, 0.2) is 29.7 Å². The first-order chi connectivity index (χ1) is 8.35. The number of non-ortho nitro benzene ring substituents is 1. The quantitative estimate of drug-likeness (QED) is 0.664. The number of halogens is 1. The summed E-state index contributed by atoms with van der Waals surface area (Å²) in [5.41, 5.74) is -0.212. The van der Waals surface area contributed by atoms with Crippen molar-refractivity contribution < 1.29 is 17.7 Å². The van der Waals surface area contributed by atoms with Crippen molar-refractivity contribution in [3.8, 4) is 0 Å². The fourth-order valence-electron chi connectivity index (χ4n) is 1.64. The summed E-state index contributed by atoms with van der Waals surface area (Å²) >= 11 is 0. The molecule has 96 valence electrons. The molecule has 0 bridgehead atoms. The highest BCUT2D eigenvalue weighted by Crippen LogP contribution is 2.22. The Morgan fingerprint density at radius 1 is 1.39 bits per heavy atom. The minimum Gasteiger partial charge on any atom is -0.377 e. The third-order valence-electron chi connectivity index (χ3n) is 2.38. The Labute approximate surface area is 102 Å². The molecule has 1 unspecified atom stereocenters. The summed E-state index contributed by atoms with van der Waals surface area (Å²) in [4.78, 5) is 9.83. The predicted molar refractivity (Wildman–Crippen MR) is 63.4 cm³/mol. The molecular weight excluding hydrogens is 263 g/mol. The van der Waals surface area contributed by atoms with Gasteiger partial charge in [-0.15, -0.1) is 0 Å². The Kier molecular flexibility index (Phi) is 3.04. The Morgan fingerprint density at radius 2 is 2.11 bits per heavy atom. The van der Waals surface area contributed by atoms with E-state index < -0.39 is 26.6 Å². The van der Waals surface area contributed by atoms with Crippen LogP contribution in [0.3, 0.4) is 0 Å². The first kappa shape index (κ1) is 12.5. The predicted octanol–water partition coefficient (Wildman–Crippen LogP) is 1.46. The number of benzene rings is 1. The molecule has 0 radical (unpaired) electrons. The van der Waals surface area contributed by atoms with E-state index in [1.54, 1.807) is 0 Å². The zero-order valence-corrected chi connectivity index (χ0v) is 9.85. The molecule has 0 aliphatic carbocycles. The van der Waals surface area contributed by atoms with Crippen LogP contribution in [0.4, 0.5) is 15.8 Å². The van der Waals surface area contributed by atoms with Gasteiger partial charge in [0.15, 0.2) is 9.84 Å². The van der Waals surface area contributed by atoms with Crippen molar-refractivity contribution in [2.45, 2.75) is 6.04 Å². The normalized spacial score (nSPS) is 20.8. The van der Waals surface area contributed by atoms with Gasteiger partial charge < -0.3 is 5.32 Å². The molecule has 0 amide bonds. The second kappa shape index (κ2) is 4.37. The number of sulfone groups is 1. The Bertz CT molecular complexity index is 627. The van der Waals surface area contributed by atoms with Crippen LogP contribution in [-0.4, -0.2) is 25.1 Å². The largest absolute Gasteiger partial charge is 0.377 e. The lowest BCUT2D eigenvalue weighted by molar-refractivity contribution is -0.385. The van der Waals surface area contributed by atoms with Gasteiger partial charge in [-0.2, -0.15) is 0 Å². The Hall–Kier alpha value is -1.96. The second-order valence-corrected chi connectivity index (χ2v) is 5.80. The topological polar surface area (TPSA) is 89.3 Å². The van der Waals surface area contributed by atoms with Crippen molar-refractivity contribution in [3.63, 3.8) is 0 Å². The van der Waals surface area contributed by atoms with Gasteiger partial charge in [-0.3, -0.25) is 10.1 Å². The summed E-state index contributed by atoms with van der Waals surface area (Å²) in [6.07, 6.45) is 1.42. The maximum Gasteiger partial charge on any atom is 0.274 e. The van der Waals surface area contributed by atoms with Gasteiger partial charge in [0, 0.05) is 17.2 Å². The van der Waals surface area contributed by atoms with E-state index in [1.807, 2.05) is 0 Å². The maximum atomic E-state index is 13.1. The van der Waals surface area contributed by atoms with Crippen molar-refractivity contribution in [2.24, 2.45) is 0 Å². The highest BCUT2D eigenvalue weighted by molar-refractivity contribution is 7.94. The van der Waals surface area contributed by atoms with Gasteiger partial charge in [0.1, 0.15) is 5.82 Å². The van der Waals surface area contributed by atoms with Crippen LogP contribution < -0.4 is 5.32 Å². The van der Waals surface area contributed by atoms with Crippen LogP contribution in [0.25, 0.3) is 0 Å². The van der Waals surface area contributed by atoms with E-state index in [9.17, 15) is 22.9 Å². The number of hydrogen-bond donors (Lipinski definition) is 1. The van der Waals surface area contributed by atoms with Crippen molar-refractivity contribution in [3.05, 3.63) is 45.6 Å². The number of rotatable bonds is 3. The number of anilines is 1. The first-order valence-corrected chi connectivity index (χ1v) is 6.70. The summed E-state index contributed by atoms with van der Waals surface area (Å²) in [6, 6.07) is 2.52. The van der Waals surface area contributed by atoms with Crippen LogP contribution in [0.1, 0.15) is 0 Å². The van der Waals surface area contributed by atoms with Crippen LogP contribution in [0.2, 0.25) is 0 Å². The average molecular weight is 272 g/mol. The molecule has 2 rings (SSSR count). The summed E-state index contributed by atoms with van der Waals surface area (Å²) < 4.78 is 35.5. The number of hydrogen-bond acceptors (Lipinski definition) is 5.